The predicted octanol–water partition coefficient (Wildman–Crippen LogP) is 1.34. The Morgan fingerprint density at radius 3 is 2.68 bits per heavy atom. The van der Waals surface area contributed by atoms with Gasteiger partial charge in [0, 0.05) is 13.1 Å². The number of amides is 3. The Bertz CT molecular complexity index is 344. The first-order chi connectivity index (χ1) is 9.11. The molecule has 2 rings (SSSR count). The molecule has 0 radical (unpaired) electrons. The number of piperidine rings is 1. The summed E-state index contributed by atoms with van der Waals surface area (Å²) < 4.78 is 0. The summed E-state index contributed by atoms with van der Waals surface area (Å²) >= 11 is 0. The lowest BCUT2D eigenvalue weighted by molar-refractivity contribution is -0.123. The third kappa shape index (κ3) is 3.47. The molecule has 108 valence electrons. The second-order valence-electron chi connectivity index (χ2n) is 5.90. The van der Waals surface area contributed by atoms with Gasteiger partial charge in [-0.05, 0) is 44.1 Å². The largest absolute Gasteiger partial charge is 0.341 e. The zero-order chi connectivity index (χ0) is 13.8. The van der Waals surface area contributed by atoms with Gasteiger partial charge in [0.25, 0.3) is 0 Å². The molecule has 0 spiro atoms. The van der Waals surface area contributed by atoms with Gasteiger partial charge < -0.3 is 5.32 Å². The molecule has 2 N–H and O–H groups in total. The van der Waals surface area contributed by atoms with Gasteiger partial charge in [0.05, 0.1) is 6.54 Å². The zero-order valence-corrected chi connectivity index (χ0v) is 11.9. The van der Waals surface area contributed by atoms with E-state index in [1.807, 2.05) is 0 Å². The molecular weight excluding hydrogens is 242 g/mol. The minimum absolute atomic E-state index is 0.197. The van der Waals surface area contributed by atoms with E-state index in [-0.39, 0.29) is 5.91 Å². The lowest BCUT2D eigenvalue weighted by Crippen LogP contribution is -2.54. The number of rotatable bonds is 2. The van der Waals surface area contributed by atoms with Crippen LogP contribution in [-0.2, 0) is 4.79 Å². The van der Waals surface area contributed by atoms with Crippen LogP contribution in [0.1, 0.15) is 39.0 Å². The molecule has 5 nitrogen and oxygen atoms in total. The molecule has 0 aromatic rings. The molecule has 3 amide bonds. The van der Waals surface area contributed by atoms with Crippen molar-refractivity contribution in [3.63, 3.8) is 0 Å². The Hall–Kier alpha value is -1.10. The van der Waals surface area contributed by atoms with Crippen LogP contribution in [0.5, 0.6) is 0 Å². The second kappa shape index (κ2) is 6.37. The molecule has 2 fully saturated rings. The summed E-state index contributed by atoms with van der Waals surface area (Å²) in [5, 5.41) is 4.77. The molecule has 2 aliphatic rings. The first-order valence-electron chi connectivity index (χ1n) is 7.37. The average molecular weight is 267 g/mol. The van der Waals surface area contributed by atoms with Gasteiger partial charge in [-0.3, -0.25) is 15.0 Å². The summed E-state index contributed by atoms with van der Waals surface area (Å²) in [7, 11) is 1.52. The molecule has 0 aromatic heterocycles. The van der Waals surface area contributed by atoms with Crippen LogP contribution in [0.15, 0.2) is 0 Å². The highest BCUT2D eigenvalue weighted by atomic mass is 16.2. The molecule has 0 aromatic carbocycles. The van der Waals surface area contributed by atoms with Crippen molar-refractivity contribution in [2.45, 2.75) is 45.1 Å². The Morgan fingerprint density at radius 1 is 1.21 bits per heavy atom. The predicted molar refractivity (Wildman–Crippen MR) is 73.7 cm³/mol. The van der Waals surface area contributed by atoms with Gasteiger partial charge in [0.1, 0.15) is 0 Å². The van der Waals surface area contributed by atoms with Crippen molar-refractivity contribution in [1.29, 1.82) is 0 Å². The normalized spacial score (nSPS) is 31.4. The molecule has 0 unspecified atom stereocenters. The Morgan fingerprint density at radius 2 is 1.95 bits per heavy atom. The van der Waals surface area contributed by atoms with Crippen molar-refractivity contribution in [2.24, 2.45) is 11.8 Å². The number of urea groups is 1. The fourth-order valence-corrected chi connectivity index (χ4v) is 3.78. The lowest BCUT2D eigenvalue weighted by Gasteiger charge is -2.47. The number of fused-ring (bicyclic) bond motifs is 1. The number of hydrogen-bond donors (Lipinski definition) is 2. The monoisotopic (exact) mass is 267 g/mol. The minimum Gasteiger partial charge on any atom is -0.341 e. The van der Waals surface area contributed by atoms with E-state index in [1.165, 1.54) is 39.2 Å². The zero-order valence-electron chi connectivity index (χ0n) is 11.9. The van der Waals surface area contributed by atoms with E-state index < -0.39 is 6.03 Å². The van der Waals surface area contributed by atoms with Gasteiger partial charge in [0.15, 0.2) is 0 Å². The number of carbonyl (C=O) groups excluding carboxylic acids is 2. The van der Waals surface area contributed by atoms with E-state index in [1.54, 1.807) is 0 Å². The number of nitrogens with zero attached hydrogens (tertiary/aromatic N) is 1. The number of imide groups is 1. The van der Waals surface area contributed by atoms with E-state index >= 15 is 0 Å². The Kier molecular flexibility index (Phi) is 4.80. The molecule has 3 atom stereocenters. The summed E-state index contributed by atoms with van der Waals surface area (Å²) in [6, 6.07) is 0.105. The van der Waals surface area contributed by atoms with Crippen LogP contribution in [-0.4, -0.2) is 43.0 Å². The molecule has 1 aliphatic carbocycles. The summed E-state index contributed by atoms with van der Waals surface area (Å²) in [6.45, 7) is 3.62. The Labute approximate surface area is 115 Å². The van der Waals surface area contributed by atoms with Crippen LogP contribution >= 0.6 is 0 Å². The molecule has 19 heavy (non-hydrogen) atoms. The second-order valence-corrected chi connectivity index (χ2v) is 5.90. The van der Waals surface area contributed by atoms with Gasteiger partial charge >= 0.3 is 6.03 Å². The number of hydrogen-bond acceptors (Lipinski definition) is 3. The van der Waals surface area contributed by atoms with Crippen LogP contribution < -0.4 is 10.6 Å². The van der Waals surface area contributed by atoms with Crippen molar-refractivity contribution >= 4 is 11.9 Å². The lowest BCUT2D eigenvalue weighted by atomic mass is 9.73. The maximum atomic E-state index is 11.8. The third-order valence-electron chi connectivity index (χ3n) is 4.57. The van der Waals surface area contributed by atoms with Gasteiger partial charge in [-0.1, -0.05) is 13.3 Å². The topological polar surface area (TPSA) is 61.4 Å². The number of likely N-dealkylation sites (tertiary alicyclic amines) is 1. The molecule has 1 saturated carbocycles. The van der Waals surface area contributed by atoms with Crippen LogP contribution in [0.4, 0.5) is 4.79 Å². The maximum Gasteiger partial charge on any atom is 0.321 e. The third-order valence-corrected chi connectivity index (χ3v) is 4.57. The van der Waals surface area contributed by atoms with Gasteiger partial charge in [-0.15, -0.1) is 0 Å². The van der Waals surface area contributed by atoms with E-state index in [4.69, 9.17) is 0 Å². The average Bonchev–Trinajstić information content (AvgIpc) is 2.38. The van der Waals surface area contributed by atoms with Crippen LogP contribution in [0, 0.1) is 11.8 Å². The standard InChI is InChI=1S/C14H25N3O2/c1-10-5-3-6-11-7-4-8-17(13(10)11)9-12(18)16-14(19)15-2/h10-11,13H,3-9H2,1-2H3,(H2,15,16,18,19)/t10-,11+,13-/m1/s1. The summed E-state index contributed by atoms with van der Waals surface area (Å²) in [6.07, 6.45) is 6.33. The summed E-state index contributed by atoms with van der Waals surface area (Å²) in [5.74, 6) is 1.20. The first-order valence-corrected chi connectivity index (χ1v) is 7.37. The van der Waals surface area contributed by atoms with E-state index in [0.29, 0.717) is 18.5 Å². The highest BCUT2D eigenvalue weighted by molar-refractivity contribution is 5.95. The minimum atomic E-state index is -0.421. The van der Waals surface area contributed by atoms with Crippen molar-refractivity contribution in [1.82, 2.24) is 15.5 Å². The molecular formula is C14H25N3O2. The summed E-state index contributed by atoms with van der Waals surface area (Å²) in [5.41, 5.74) is 0. The van der Waals surface area contributed by atoms with Crippen LogP contribution in [0.3, 0.4) is 0 Å². The number of nitrogens with one attached hydrogen (secondary N) is 2. The highest BCUT2D eigenvalue weighted by Gasteiger charge is 2.38. The Balaban J connectivity index is 1.94. The quantitative estimate of drug-likeness (QED) is 0.794. The molecule has 1 aliphatic heterocycles. The van der Waals surface area contributed by atoms with Gasteiger partial charge in [-0.25, -0.2) is 4.79 Å². The van der Waals surface area contributed by atoms with Crippen molar-refractivity contribution in [2.75, 3.05) is 20.1 Å². The van der Waals surface area contributed by atoms with Crippen LogP contribution in [0.25, 0.3) is 0 Å². The molecule has 0 bridgehead atoms. The summed E-state index contributed by atoms with van der Waals surface area (Å²) in [4.78, 5) is 25.3. The first kappa shape index (κ1) is 14.3. The molecule has 1 heterocycles. The van der Waals surface area contributed by atoms with Crippen molar-refractivity contribution < 1.29 is 9.59 Å². The van der Waals surface area contributed by atoms with E-state index in [9.17, 15) is 9.59 Å². The fraction of sp³-hybridized carbons (Fsp3) is 0.857. The van der Waals surface area contributed by atoms with Crippen molar-refractivity contribution in [3.05, 3.63) is 0 Å². The fourth-order valence-electron chi connectivity index (χ4n) is 3.78. The van der Waals surface area contributed by atoms with Gasteiger partial charge in [0.2, 0.25) is 5.91 Å². The van der Waals surface area contributed by atoms with Gasteiger partial charge in [-0.2, -0.15) is 0 Å². The smallest absolute Gasteiger partial charge is 0.321 e. The van der Waals surface area contributed by atoms with E-state index in [2.05, 4.69) is 22.5 Å². The van der Waals surface area contributed by atoms with Crippen LogP contribution in [0.2, 0.25) is 0 Å². The SMILES string of the molecule is CNC(=O)NC(=O)CN1CCC[C@@H]2CCC[C@@H](C)[C@H]21. The van der Waals surface area contributed by atoms with E-state index in [0.717, 1.165) is 12.5 Å². The molecule has 1 saturated heterocycles. The highest BCUT2D eigenvalue weighted by Crippen LogP contribution is 2.38. The maximum absolute atomic E-state index is 11.8. The number of carbonyl (C=O) groups is 2. The van der Waals surface area contributed by atoms with Crippen molar-refractivity contribution in [3.8, 4) is 0 Å². The molecule has 5 heteroatoms.